The summed E-state index contributed by atoms with van der Waals surface area (Å²) in [4.78, 5) is 29.8. The van der Waals surface area contributed by atoms with E-state index in [1.165, 1.54) is 28.4 Å². The Morgan fingerprint density at radius 1 is 0.179 bits per heavy atom. The minimum Gasteiger partial charge on any atom is -0.398 e. The molecule has 0 radical (unpaired) electrons. The standard InChI is InChI=1S/C24H62N4O9Si4.C16H44N2O9Si4.C14H36N2O5Si2.C10H28N2O5Si2.C7H19NO3Si.C4H12O2Si.CH4/c1-7-29-38(30-8-2,21-13-17-25)35-41(24-16-20-28,36-39(31-9-3,32-10-4)22-14-18-26)37-40(33-11-5,34-12-6)23-15-19-27;1-9-23-30(24-10-2,15-11-13-17)27-31(16-12-14-18,25-28(7,19-3)20-4)26-29(8,21-5)22-6;1-5-17-22(18-6-2,13-9-11-15)21-23(19-7-3,20-8-4)14-10-12-16;1-3-15-19(16-4-2,10-6-8-12)17-18(13,14)9-5-7-11;1-3-10-12(9,11-4-2)7-5-6-8;1-5-7(3,4)6-2;/h7-28H2,1-6H3;9-18H2,1-8H3;5-16H2,1-4H3;13-14H,3-12H2,1-2H3;9H,3-8H2,1-2H3;1-4H3;1H4. The Balaban J connectivity index is -0.000000308. The fourth-order valence-corrected chi connectivity index (χ4v) is 59.4. The van der Waals surface area contributed by atoms with Crippen molar-refractivity contribution in [1.82, 2.24) is 0 Å². The smallest absolute Gasteiger partial charge is 0.398 e. The van der Waals surface area contributed by atoms with Crippen molar-refractivity contribution in [2.45, 2.75) is 282 Å². The van der Waals surface area contributed by atoms with Gasteiger partial charge in [-0.25, -0.2) is 0 Å². The molecule has 134 heavy (non-hydrogen) atoms. The maximum absolute atomic E-state index is 9.99. The van der Waals surface area contributed by atoms with Crippen LogP contribution in [0, 0.1) is 0 Å². The van der Waals surface area contributed by atoms with Crippen LogP contribution in [0.5, 0.6) is 0 Å². The number of nitrogens with two attached hydrogens (primary N) is 11. The van der Waals surface area contributed by atoms with Crippen LogP contribution in [0.4, 0.5) is 0 Å². The summed E-state index contributed by atoms with van der Waals surface area (Å²) < 4.78 is 181. The Bertz CT molecular complexity index is 2400. The third-order valence-corrected chi connectivity index (χ3v) is 66.2. The Morgan fingerprint density at radius 2 is 0.321 bits per heavy atom. The van der Waals surface area contributed by atoms with Crippen LogP contribution in [-0.4, -0.2) is 358 Å². The molecule has 0 fully saturated rings. The summed E-state index contributed by atoms with van der Waals surface area (Å²) in [5, 5.41) is 0. The van der Waals surface area contributed by atoms with Gasteiger partial charge in [-0.05, 0) is 266 Å². The molecule has 0 spiro atoms. The van der Waals surface area contributed by atoms with Crippen molar-refractivity contribution >= 4 is 123 Å². The van der Waals surface area contributed by atoms with Gasteiger partial charge in [-0.2, -0.15) is 0 Å². The van der Waals surface area contributed by atoms with Crippen LogP contribution < -0.4 is 63.1 Å². The summed E-state index contributed by atoms with van der Waals surface area (Å²) in [6.45, 7) is 50.2. The SMILES string of the molecule is C.CCO[Si](CCCN)(OCC)O[Si](CCCN)(OCC)OCC.CCO[Si](CCCN)(OCC)O[Si](CCCN)(O[Si](C)(OC)OC)O[Si](C)(OC)OC.CCO[Si](CCCN)(OCC)O[Si](CCCN)(O[Si](CCCN)(OCC)OCC)O[Si](CCCN)(OCC)OCC.CCO[Si](CCCN)(OCC)O[Si](O)(O)CCCN.CCO[Si](O)(CCCN)OCC.CO[Si](C)(C)OC. The van der Waals surface area contributed by atoms with Crippen LogP contribution >= 0.6 is 0 Å². The van der Waals surface area contributed by atoms with Crippen molar-refractivity contribution in [2.75, 3.05) is 220 Å². The van der Waals surface area contributed by atoms with Crippen molar-refractivity contribution in [3.05, 3.63) is 0 Å². The summed E-state index contributed by atoms with van der Waals surface area (Å²) in [5.41, 5.74) is 63.1. The lowest BCUT2D eigenvalue weighted by Crippen LogP contribution is -2.68. The molecule has 0 saturated heterocycles. The molecule has 0 aromatic heterocycles. The van der Waals surface area contributed by atoms with Crippen molar-refractivity contribution in [1.29, 1.82) is 0 Å². The predicted octanol–water partition coefficient (Wildman–Crippen LogP) is 7.13. The zero-order valence-electron chi connectivity index (χ0n) is 87.6. The van der Waals surface area contributed by atoms with Gasteiger partial charge in [-0.15, -0.1) is 0 Å². The highest BCUT2D eigenvalue weighted by Gasteiger charge is 2.65. The highest BCUT2D eigenvalue weighted by molar-refractivity contribution is 6.86. The molecule has 0 saturated carbocycles. The van der Waals surface area contributed by atoms with Crippen molar-refractivity contribution in [3.8, 4) is 0 Å². The van der Waals surface area contributed by atoms with Gasteiger partial charge in [0.1, 0.15) is 0 Å². The molecule has 0 aliphatic carbocycles. The van der Waals surface area contributed by atoms with Crippen molar-refractivity contribution in [3.63, 3.8) is 0 Å². The monoisotopic (exact) mass is 2190 g/mol. The molecule has 25 N–H and O–H groups in total. The molecular formula is C76H205N11O33Si14. The summed E-state index contributed by atoms with van der Waals surface area (Å²) >= 11 is 0. The second-order valence-corrected chi connectivity index (χ2v) is 70.1. The lowest BCUT2D eigenvalue weighted by Gasteiger charge is -2.45. The molecule has 44 nitrogen and oxygen atoms in total. The maximum atomic E-state index is 9.99. The van der Waals surface area contributed by atoms with E-state index >= 15 is 0 Å². The average Bonchev–Trinajstić information content (AvgIpc) is 0.765. The predicted molar refractivity (Wildman–Crippen MR) is 557 cm³/mol. The summed E-state index contributed by atoms with van der Waals surface area (Å²) in [6, 6.07) is 5.32. The highest BCUT2D eigenvalue weighted by Crippen LogP contribution is 2.39. The van der Waals surface area contributed by atoms with Gasteiger partial charge in [0, 0.05) is 228 Å². The Labute approximate surface area is 827 Å². The lowest BCUT2D eigenvalue weighted by atomic mass is 10.5. The quantitative estimate of drug-likeness (QED) is 0.0269. The molecule has 0 amide bonds. The third kappa shape index (κ3) is 67.2. The van der Waals surface area contributed by atoms with E-state index in [1.807, 2.05) is 124 Å². The topological polar surface area (TPSA) is 624 Å². The van der Waals surface area contributed by atoms with Gasteiger partial charge in [0.2, 0.25) is 0 Å². The van der Waals surface area contributed by atoms with Gasteiger partial charge in [-0.1, -0.05) is 7.43 Å². The van der Waals surface area contributed by atoms with Crippen LogP contribution in [-0.2, 0) is 130 Å². The maximum Gasteiger partial charge on any atom is 0.498 e. The molecule has 0 aliphatic heterocycles. The Kier molecular flexibility index (Phi) is 97.8. The molecule has 0 aliphatic rings. The van der Waals surface area contributed by atoms with Crippen molar-refractivity contribution < 1.29 is 145 Å². The minimum atomic E-state index is -3.86. The van der Waals surface area contributed by atoms with Gasteiger partial charge in [0.05, 0.1) is 0 Å². The number of hydrogen-bond donors (Lipinski definition) is 14. The number of hydrogen-bond acceptors (Lipinski definition) is 44. The van der Waals surface area contributed by atoms with Gasteiger partial charge < -0.3 is 208 Å². The van der Waals surface area contributed by atoms with Crippen LogP contribution in [0.2, 0.25) is 92.7 Å². The first-order valence-electron chi connectivity index (χ1n) is 48.2. The fraction of sp³-hybridized carbons (Fsp3) is 1.00. The first-order chi connectivity index (χ1) is 63.2. The van der Waals surface area contributed by atoms with Gasteiger partial charge in [0.25, 0.3) is 0 Å². The van der Waals surface area contributed by atoms with Crippen LogP contribution in [0.3, 0.4) is 0 Å². The van der Waals surface area contributed by atoms with Crippen molar-refractivity contribution in [2.24, 2.45) is 63.1 Å². The highest BCUT2D eigenvalue weighted by atomic mass is 28.5. The Morgan fingerprint density at radius 3 is 0.470 bits per heavy atom. The van der Waals surface area contributed by atoms with E-state index in [4.69, 9.17) is 193 Å². The number of rotatable bonds is 87. The molecule has 0 unspecified atom stereocenters. The van der Waals surface area contributed by atoms with Gasteiger partial charge in [0.15, 0.2) is 0 Å². The molecule has 0 rings (SSSR count). The van der Waals surface area contributed by atoms with E-state index in [-0.39, 0.29) is 13.5 Å². The van der Waals surface area contributed by atoms with Gasteiger partial charge >= 0.3 is 123 Å². The minimum absolute atomic E-state index is 0. The largest absolute Gasteiger partial charge is 0.498 e. The summed E-state index contributed by atoms with van der Waals surface area (Å²) in [5.74, 6) is 0. The second-order valence-electron chi connectivity index (χ2n) is 29.5. The van der Waals surface area contributed by atoms with Gasteiger partial charge in [-0.3, -0.25) is 0 Å². The fourth-order valence-electron chi connectivity index (χ4n) is 12.2. The molecule has 58 heteroatoms. The molecule has 0 heterocycles. The normalized spacial score (nSPS) is 13.0. The van der Waals surface area contributed by atoms with E-state index in [2.05, 4.69) is 0 Å². The zero-order valence-corrected chi connectivity index (χ0v) is 102. The van der Waals surface area contributed by atoms with E-state index in [9.17, 15) is 14.4 Å². The molecule has 0 bridgehead atoms. The van der Waals surface area contributed by atoms with Crippen LogP contribution in [0.1, 0.15) is 189 Å². The Hall–Kier alpha value is 1.28. The third-order valence-electron chi connectivity index (χ3n) is 18.4. The molecule has 0 aromatic rings. The molecular weight excluding hydrogens is 1990 g/mol. The van der Waals surface area contributed by atoms with Crippen LogP contribution in [0.15, 0.2) is 0 Å². The first kappa shape index (κ1) is 148. The lowest BCUT2D eigenvalue weighted by molar-refractivity contribution is 0.0326. The molecule has 0 atom stereocenters. The summed E-state index contributed by atoms with van der Waals surface area (Å²) in [6.07, 6.45) is 7.23. The average molecular weight is 2190 g/mol. The molecule has 818 valence electrons. The van der Waals surface area contributed by atoms with E-state index in [1.54, 1.807) is 27.3 Å². The second kappa shape index (κ2) is 88.4. The zero-order chi connectivity index (χ0) is 103. The molecule has 0 aromatic carbocycles. The van der Waals surface area contributed by atoms with E-state index < -0.39 is 123 Å². The van der Waals surface area contributed by atoms with Crippen LogP contribution in [0.25, 0.3) is 0 Å². The van der Waals surface area contributed by atoms with E-state index in [0.717, 1.165) is 19.3 Å². The van der Waals surface area contributed by atoms with E-state index in [0.29, 0.717) is 290 Å². The summed E-state index contributed by atoms with van der Waals surface area (Å²) in [7, 11) is -34.8. The first-order valence-corrected chi connectivity index (χ1v) is 76.8.